The van der Waals surface area contributed by atoms with E-state index in [9.17, 15) is 4.79 Å². The van der Waals surface area contributed by atoms with Gasteiger partial charge in [0.2, 0.25) is 0 Å². The van der Waals surface area contributed by atoms with Crippen LogP contribution in [0.1, 0.15) is 64.8 Å². The Balaban J connectivity index is 0.00000353. The summed E-state index contributed by atoms with van der Waals surface area (Å²) in [7, 11) is 2.12. The number of hydrogen-bond donors (Lipinski definition) is 0. The molecule has 42 heavy (non-hydrogen) atoms. The second-order valence-electron chi connectivity index (χ2n) is 13.0. The van der Waals surface area contributed by atoms with E-state index < -0.39 is 0 Å². The van der Waals surface area contributed by atoms with Gasteiger partial charge in [-0.25, -0.2) is 4.98 Å². The topological polar surface area (TPSA) is 44.6 Å². The molecular formula is C35H44ClN5O. The number of halogens is 1. The fourth-order valence-electron chi connectivity index (χ4n) is 6.31. The van der Waals surface area contributed by atoms with Gasteiger partial charge in [-0.1, -0.05) is 69.3 Å². The highest BCUT2D eigenvalue weighted by atomic mass is 35.5. The summed E-state index contributed by atoms with van der Waals surface area (Å²) in [5.41, 5.74) is 9.63. The van der Waals surface area contributed by atoms with Crippen molar-refractivity contribution in [2.24, 2.45) is 0 Å². The van der Waals surface area contributed by atoms with Gasteiger partial charge in [0.15, 0.2) is 5.82 Å². The monoisotopic (exact) mass is 585 g/mol. The molecule has 4 heterocycles. The number of benzene rings is 2. The van der Waals surface area contributed by atoms with Crippen LogP contribution >= 0.6 is 12.4 Å². The maximum Gasteiger partial charge on any atom is 0.272 e. The lowest BCUT2D eigenvalue weighted by atomic mass is 9.87. The molecule has 0 N–H and O–H groups in total. The van der Waals surface area contributed by atoms with Crippen molar-refractivity contribution in [1.29, 1.82) is 0 Å². The molecule has 7 heteroatoms. The number of aryl methyl sites for hydroxylation is 1. The number of carbonyl (C=O) groups is 1. The number of hydrogen-bond acceptors (Lipinski definition) is 4. The van der Waals surface area contributed by atoms with Gasteiger partial charge in [-0.3, -0.25) is 4.79 Å². The van der Waals surface area contributed by atoms with Crippen LogP contribution in [0.3, 0.4) is 0 Å². The molecular weight excluding hydrogens is 542 g/mol. The average molecular weight is 586 g/mol. The maximum absolute atomic E-state index is 13.8. The molecule has 2 aromatic heterocycles. The minimum absolute atomic E-state index is 0. The summed E-state index contributed by atoms with van der Waals surface area (Å²) in [5, 5.41) is 1.13. The predicted molar refractivity (Wildman–Crippen MR) is 175 cm³/mol. The highest BCUT2D eigenvalue weighted by molar-refractivity contribution is 6.01. The Bertz CT molecular complexity index is 1590. The largest absolute Gasteiger partial charge is 0.350 e. The third kappa shape index (κ3) is 5.67. The third-order valence-electron chi connectivity index (χ3n) is 9.20. The Hall–Kier alpha value is -3.35. The van der Waals surface area contributed by atoms with Gasteiger partial charge >= 0.3 is 0 Å². The first-order valence-electron chi connectivity index (χ1n) is 15.0. The van der Waals surface area contributed by atoms with E-state index in [4.69, 9.17) is 4.98 Å². The van der Waals surface area contributed by atoms with Gasteiger partial charge in [0, 0.05) is 56.9 Å². The molecule has 222 valence electrons. The number of aromatic nitrogens is 2. The van der Waals surface area contributed by atoms with Gasteiger partial charge in [-0.2, -0.15) is 0 Å². The molecule has 0 atom stereocenters. The molecule has 1 amide bonds. The summed E-state index contributed by atoms with van der Waals surface area (Å²) in [6.07, 6.45) is 0.975. The van der Waals surface area contributed by atoms with Crippen molar-refractivity contribution in [1.82, 2.24) is 19.4 Å². The van der Waals surface area contributed by atoms with Crippen LogP contribution < -0.4 is 4.90 Å². The highest BCUT2D eigenvalue weighted by Crippen LogP contribution is 2.36. The standard InChI is InChI=1S/C35H43N5O.ClH/c1-24-25(2)40(22-26-11-13-29(14-12-26)35(3,4)5)32-30(24)21-31(34(41)38-19-17-37(6)18-20-38)36-33(32)39-16-15-27-9-7-8-10-28(27)23-39;/h7-14,21H,15-20,22-23H2,1-6H3;1H. The lowest BCUT2D eigenvalue weighted by Gasteiger charge is -2.33. The van der Waals surface area contributed by atoms with Crippen molar-refractivity contribution in [3.63, 3.8) is 0 Å². The van der Waals surface area contributed by atoms with Crippen LogP contribution in [0.4, 0.5) is 5.82 Å². The van der Waals surface area contributed by atoms with E-state index in [1.54, 1.807) is 0 Å². The van der Waals surface area contributed by atoms with Gasteiger partial charge in [0.25, 0.3) is 5.91 Å². The first-order chi connectivity index (χ1) is 19.6. The van der Waals surface area contributed by atoms with E-state index in [0.717, 1.165) is 69.0 Å². The minimum Gasteiger partial charge on any atom is -0.350 e. The third-order valence-corrected chi connectivity index (χ3v) is 9.20. The fraction of sp³-hybridized carbons (Fsp3) is 0.429. The average Bonchev–Trinajstić information content (AvgIpc) is 3.21. The van der Waals surface area contributed by atoms with E-state index in [1.165, 1.54) is 33.5 Å². The number of anilines is 1. The first kappa shape index (κ1) is 30.1. The number of amides is 1. The lowest BCUT2D eigenvalue weighted by molar-refractivity contribution is 0.0658. The van der Waals surface area contributed by atoms with E-state index in [-0.39, 0.29) is 23.7 Å². The zero-order valence-corrected chi connectivity index (χ0v) is 26.7. The second-order valence-corrected chi connectivity index (χ2v) is 13.0. The van der Waals surface area contributed by atoms with Gasteiger partial charge in [0.1, 0.15) is 5.69 Å². The van der Waals surface area contributed by atoms with Crippen LogP contribution in [0, 0.1) is 13.8 Å². The van der Waals surface area contributed by atoms with Crippen LogP contribution in [0.2, 0.25) is 0 Å². The number of rotatable bonds is 4. The van der Waals surface area contributed by atoms with Gasteiger partial charge in [-0.15, -0.1) is 12.4 Å². The highest BCUT2D eigenvalue weighted by Gasteiger charge is 2.28. The normalized spacial score (nSPS) is 16.0. The van der Waals surface area contributed by atoms with Crippen molar-refractivity contribution in [3.05, 3.63) is 93.8 Å². The molecule has 1 fully saturated rings. The smallest absolute Gasteiger partial charge is 0.272 e. The van der Waals surface area contributed by atoms with E-state index in [1.807, 2.05) is 4.90 Å². The van der Waals surface area contributed by atoms with Crippen LogP contribution in [-0.4, -0.2) is 65.0 Å². The summed E-state index contributed by atoms with van der Waals surface area (Å²) in [5.74, 6) is 0.971. The Kier molecular flexibility index (Phi) is 8.41. The van der Waals surface area contributed by atoms with Crippen LogP contribution in [0.5, 0.6) is 0 Å². The van der Waals surface area contributed by atoms with Crippen molar-refractivity contribution in [3.8, 4) is 0 Å². The Morgan fingerprint density at radius 3 is 2.24 bits per heavy atom. The summed E-state index contributed by atoms with van der Waals surface area (Å²) in [6, 6.07) is 19.8. The maximum atomic E-state index is 13.8. The molecule has 0 saturated carbocycles. The molecule has 0 unspecified atom stereocenters. The number of pyridine rings is 1. The fourth-order valence-corrected chi connectivity index (χ4v) is 6.31. The molecule has 0 bridgehead atoms. The second kappa shape index (κ2) is 11.7. The van der Waals surface area contributed by atoms with Crippen molar-refractivity contribution < 1.29 is 4.79 Å². The first-order valence-corrected chi connectivity index (χ1v) is 15.0. The van der Waals surface area contributed by atoms with Crippen LogP contribution in [-0.2, 0) is 24.9 Å². The van der Waals surface area contributed by atoms with Crippen LogP contribution in [0.15, 0.2) is 54.6 Å². The number of nitrogens with zero attached hydrogens (tertiary/aromatic N) is 5. The lowest BCUT2D eigenvalue weighted by Crippen LogP contribution is -2.47. The zero-order chi connectivity index (χ0) is 28.9. The van der Waals surface area contributed by atoms with E-state index >= 15 is 0 Å². The molecule has 0 aliphatic carbocycles. The van der Waals surface area contributed by atoms with Gasteiger partial charge < -0.3 is 19.3 Å². The molecule has 4 aromatic rings. The summed E-state index contributed by atoms with van der Waals surface area (Å²) in [6.45, 7) is 16.9. The van der Waals surface area contributed by atoms with Crippen molar-refractivity contribution in [2.45, 2.75) is 59.5 Å². The summed E-state index contributed by atoms with van der Waals surface area (Å²) in [4.78, 5) is 25.6. The zero-order valence-electron chi connectivity index (χ0n) is 25.9. The van der Waals surface area contributed by atoms with E-state index in [2.05, 4.69) is 111 Å². The Morgan fingerprint density at radius 2 is 1.57 bits per heavy atom. The summed E-state index contributed by atoms with van der Waals surface area (Å²) >= 11 is 0. The van der Waals surface area contributed by atoms with Gasteiger partial charge in [-0.05, 0) is 66.6 Å². The molecule has 6 rings (SSSR count). The number of carbonyl (C=O) groups excluding carboxylic acids is 1. The Labute approximate surface area is 256 Å². The molecule has 2 aromatic carbocycles. The molecule has 0 spiro atoms. The number of likely N-dealkylation sites (N-methyl/N-ethyl adjacent to an activating group) is 1. The predicted octanol–water partition coefficient (Wildman–Crippen LogP) is 6.37. The molecule has 0 radical (unpaired) electrons. The number of piperazine rings is 1. The van der Waals surface area contributed by atoms with Gasteiger partial charge in [0.05, 0.1) is 5.52 Å². The quantitative estimate of drug-likeness (QED) is 0.279. The van der Waals surface area contributed by atoms with Crippen molar-refractivity contribution in [2.75, 3.05) is 44.7 Å². The minimum atomic E-state index is 0. The van der Waals surface area contributed by atoms with Crippen LogP contribution in [0.25, 0.3) is 10.9 Å². The van der Waals surface area contributed by atoms with Crippen molar-refractivity contribution >= 4 is 35.0 Å². The summed E-state index contributed by atoms with van der Waals surface area (Å²) < 4.78 is 2.42. The molecule has 2 aliphatic heterocycles. The molecule has 6 nitrogen and oxygen atoms in total. The SMILES string of the molecule is Cc1c(C)n(Cc2ccc(C(C)(C)C)cc2)c2c(N3CCc4ccccc4C3)nc(C(=O)N3CCN(C)CC3)cc12.Cl. The molecule has 1 saturated heterocycles. The van der Waals surface area contributed by atoms with E-state index in [0.29, 0.717) is 5.69 Å². The number of fused-ring (bicyclic) bond motifs is 2. The Morgan fingerprint density at radius 1 is 0.905 bits per heavy atom. The molecule has 2 aliphatic rings.